The van der Waals surface area contributed by atoms with E-state index in [-0.39, 0.29) is 12.3 Å². The van der Waals surface area contributed by atoms with Crippen LogP contribution in [0.25, 0.3) is 0 Å². The number of carbonyl (C=O) groups excluding carboxylic acids is 1. The Morgan fingerprint density at radius 1 is 1.56 bits per heavy atom. The Morgan fingerprint density at radius 2 is 2.25 bits per heavy atom. The standard InChI is InChI=1S/C10H15N3O3/c1-10(2,9(15)16)5-8(14)11-6-7-3-4-12-13-7/h3-4H,5-6H2,1-2H3,(H,11,14)(H,12,13)(H,15,16). The first-order chi connectivity index (χ1) is 7.42. The number of carbonyl (C=O) groups is 2. The second-order valence-electron chi connectivity index (χ2n) is 4.22. The molecule has 6 nitrogen and oxygen atoms in total. The van der Waals surface area contributed by atoms with E-state index in [1.165, 1.54) is 13.8 Å². The Labute approximate surface area is 93.1 Å². The third-order valence-electron chi connectivity index (χ3n) is 2.22. The summed E-state index contributed by atoms with van der Waals surface area (Å²) in [5.41, 5.74) is -0.264. The molecule has 88 valence electrons. The maximum atomic E-state index is 11.4. The predicted octanol–water partition coefficient (Wildman–Crippen LogP) is 0.527. The van der Waals surface area contributed by atoms with Crippen molar-refractivity contribution in [3.8, 4) is 0 Å². The van der Waals surface area contributed by atoms with Crippen LogP contribution in [-0.4, -0.2) is 27.2 Å². The van der Waals surface area contributed by atoms with Gasteiger partial charge >= 0.3 is 5.97 Å². The molecule has 1 amide bonds. The van der Waals surface area contributed by atoms with Crippen LogP contribution in [0.2, 0.25) is 0 Å². The normalized spacial score (nSPS) is 11.1. The van der Waals surface area contributed by atoms with Gasteiger partial charge in [-0.2, -0.15) is 5.10 Å². The predicted molar refractivity (Wildman–Crippen MR) is 56.5 cm³/mol. The van der Waals surface area contributed by atoms with Gasteiger partial charge in [0.15, 0.2) is 0 Å². The summed E-state index contributed by atoms with van der Waals surface area (Å²) in [6.07, 6.45) is 1.54. The minimum Gasteiger partial charge on any atom is -0.481 e. The highest BCUT2D eigenvalue weighted by Crippen LogP contribution is 2.19. The minimum atomic E-state index is -1.04. The molecule has 0 fully saturated rings. The summed E-state index contributed by atoms with van der Waals surface area (Å²) >= 11 is 0. The van der Waals surface area contributed by atoms with E-state index in [0.717, 1.165) is 5.69 Å². The van der Waals surface area contributed by atoms with Crippen LogP contribution < -0.4 is 5.32 Å². The van der Waals surface area contributed by atoms with Crippen molar-refractivity contribution in [2.75, 3.05) is 0 Å². The number of aromatic nitrogens is 2. The molecule has 0 atom stereocenters. The number of nitrogens with zero attached hydrogens (tertiary/aromatic N) is 1. The molecule has 0 aliphatic rings. The Balaban J connectivity index is 2.39. The lowest BCUT2D eigenvalue weighted by Crippen LogP contribution is -2.33. The number of carboxylic acids is 1. The van der Waals surface area contributed by atoms with Crippen molar-refractivity contribution in [2.45, 2.75) is 26.8 Å². The summed E-state index contributed by atoms with van der Waals surface area (Å²) in [6.45, 7) is 3.37. The summed E-state index contributed by atoms with van der Waals surface area (Å²) in [4.78, 5) is 22.2. The summed E-state index contributed by atoms with van der Waals surface area (Å²) in [5, 5.41) is 17.9. The fraction of sp³-hybridized carbons (Fsp3) is 0.500. The molecule has 0 saturated heterocycles. The molecule has 0 aromatic carbocycles. The number of amides is 1. The maximum absolute atomic E-state index is 11.4. The van der Waals surface area contributed by atoms with Crippen LogP contribution in [-0.2, 0) is 16.1 Å². The lowest BCUT2D eigenvalue weighted by atomic mass is 9.89. The number of hydrogen-bond donors (Lipinski definition) is 3. The third-order valence-corrected chi connectivity index (χ3v) is 2.22. The average molecular weight is 225 g/mol. The zero-order valence-electron chi connectivity index (χ0n) is 9.28. The Kier molecular flexibility index (Phi) is 3.65. The number of carboxylic acid groups (broad SMARTS) is 1. The van der Waals surface area contributed by atoms with Gasteiger partial charge in [0.05, 0.1) is 17.7 Å². The molecule has 1 aromatic rings. The quantitative estimate of drug-likeness (QED) is 0.681. The molecule has 1 heterocycles. The van der Waals surface area contributed by atoms with E-state index in [4.69, 9.17) is 5.11 Å². The molecule has 3 N–H and O–H groups in total. The maximum Gasteiger partial charge on any atom is 0.309 e. The van der Waals surface area contributed by atoms with E-state index in [0.29, 0.717) is 6.54 Å². The molecule has 0 bridgehead atoms. The number of hydrogen-bond acceptors (Lipinski definition) is 3. The van der Waals surface area contributed by atoms with Crippen molar-refractivity contribution in [3.63, 3.8) is 0 Å². The number of H-pyrrole nitrogens is 1. The van der Waals surface area contributed by atoms with Crippen molar-refractivity contribution in [1.82, 2.24) is 15.5 Å². The molecule has 0 aliphatic heterocycles. The molecule has 0 aliphatic carbocycles. The van der Waals surface area contributed by atoms with E-state index in [1.807, 2.05) is 0 Å². The van der Waals surface area contributed by atoms with Crippen LogP contribution in [0.4, 0.5) is 0 Å². The van der Waals surface area contributed by atoms with Crippen LogP contribution in [0.15, 0.2) is 12.3 Å². The van der Waals surface area contributed by atoms with E-state index in [1.54, 1.807) is 12.3 Å². The van der Waals surface area contributed by atoms with Crippen molar-refractivity contribution in [3.05, 3.63) is 18.0 Å². The fourth-order valence-electron chi connectivity index (χ4n) is 1.12. The highest BCUT2D eigenvalue weighted by atomic mass is 16.4. The molecule has 16 heavy (non-hydrogen) atoms. The van der Waals surface area contributed by atoms with Crippen molar-refractivity contribution >= 4 is 11.9 Å². The van der Waals surface area contributed by atoms with Gasteiger partial charge in [0.25, 0.3) is 0 Å². The second-order valence-corrected chi connectivity index (χ2v) is 4.22. The van der Waals surface area contributed by atoms with Gasteiger partial charge < -0.3 is 10.4 Å². The first-order valence-corrected chi connectivity index (χ1v) is 4.90. The highest BCUT2D eigenvalue weighted by Gasteiger charge is 2.29. The van der Waals surface area contributed by atoms with Crippen LogP contribution >= 0.6 is 0 Å². The zero-order chi connectivity index (χ0) is 12.2. The van der Waals surface area contributed by atoms with Crippen LogP contribution in [0.1, 0.15) is 26.0 Å². The zero-order valence-corrected chi connectivity index (χ0v) is 9.28. The topological polar surface area (TPSA) is 95.1 Å². The van der Waals surface area contributed by atoms with Gasteiger partial charge in [0.2, 0.25) is 5.91 Å². The van der Waals surface area contributed by atoms with Crippen molar-refractivity contribution in [2.24, 2.45) is 5.41 Å². The van der Waals surface area contributed by atoms with Crippen molar-refractivity contribution in [1.29, 1.82) is 0 Å². The van der Waals surface area contributed by atoms with Crippen molar-refractivity contribution < 1.29 is 14.7 Å². The molecule has 0 radical (unpaired) electrons. The lowest BCUT2D eigenvalue weighted by Gasteiger charge is -2.17. The first-order valence-electron chi connectivity index (χ1n) is 4.90. The molecule has 0 saturated carbocycles. The van der Waals surface area contributed by atoms with Gasteiger partial charge in [-0.05, 0) is 19.9 Å². The summed E-state index contributed by atoms with van der Waals surface area (Å²) < 4.78 is 0. The Hall–Kier alpha value is -1.85. The van der Waals surface area contributed by atoms with Gasteiger partial charge in [0, 0.05) is 12.6 Å². The molecule has 0 unspecified atom stereocenters. The first kappa shape index (κ1) is 12.2. The van der Waals surface area contributed by atoms with Gasteiger partial charge in [-0.25, -0.2) is 0 Å². The van der Waals surface area contributed by atoms with Crippen LogP contribution in [0, 0.1) is 5.41 Å². The smallest absolute Gasteiger partial charge is 0.309 e. The summed E-state index contributed by atoms with van der Waals surface area (Å²) in [6, 6.07) is 1.74. The molecule has 1 rings (SSSR count). The van der Waals surface area contributed by atoms with Crippen LogP contribution in [0.5, 0.6) is 0 Å². The molecular weight excluding hydrogens is 210 g/mol. The van der Waals surface area contributed by atoms with E-state index in [2.05, 4.69) is 15.5 Å². The van der Waals surface area contributed by atoms with Gasteiger partial charge in [-0.3, -0.25) is 14.7 Å². The van der Waals surface area contributed by atoms with Gasteiger partial charge in [0.1, 0.15) is 0 Å². The highest BCUT2D eigenvalue weighted by molar-refractivity contribution is 5.84. The third kappa shape index (κ3) is 3.38. The second kappa shape index (κ2) is 4.78. The Bertz CT molecular complexity index is 371. The monoisotopic (exact) mass is 225 g/mol. The van der Waals surface area contributed by atoms with Gasteiger partial charge in [-0.1, -0.05) is 0 Å². The Morgan fingerprint density at radius 3 is 2.75 bits per heavy atom. The number of aliphatic carboxylic acids is 1. The molecule has 1 aromatic heterocycles. The summed E-state index contributed by atoms with van der Waals surface area (Å²) in [7, 11) is 0. The largest absolute Gasteiger partial charge is 0.481 e. The molecule has 0 spiro atoms. The van der Waals surface area contributed by atoms with E-state index in [9.17, 15) is 9.59 Å². The van der Waals surface area contributed by atoms with Gasteiger partial charge in [-0.15, -0.1) is 0 Å². The average Bonchev–Trinajstić information content (AvgIpc) is 2.66. The van der Waals surface area contributed by atoms with E-state index >= 15 is 0 Å². The number of aromatic amines is 1. The lowest BCUT2D eigenvalue weighted by molar-refractivity contribution is -0.149. The SMILES string of the molecule is CC(C)(CC(=O)NCc1ccn[nH]1)C(=O)O. The van der Waals surface area contributed by atoms with E-state index < -0.39 is 11.4 Å². The molecule has 6 heteroatoms. The molecular formula is C10H15N3O3. The minimum absolute atomic E-state index is 0.0452. The number of nitrogens with one attached hydrogen (secondary N) is 2. The fourth-order valence-corrected chi connectivity index (χ4v) is 1.12. The van der Waals surface area contributed by atoms with Crippen LogP contribution in [0.3, 0.4) is 0 Å². The summed E-state index contributed by atoms with van der Waals surface area (Å²) in [5.74, 6) is -1.27. The number of rotatable bonds is 5.